The molecule has 0 amide bonds. The van der Waals surface area contributed by atoms with Crippen LogP contribution in [0.15, 0.2) is 24.3 Å². The second-order valence-corrected chi connectivity index (χ2v) is 5.54. The Morgan fingerprint density at radius 1 is 1.25 bits per heavy atom. The summed E-state index contributed by atoms with van der Waals surface area (Å²) in [5.41, 5.74) is 2.44. The first-order chi connectivity index (χ1) is 9.40. The summed E-state index contributed by atoms with van der Waals surface area (Å²) in [6.45, 7) is 8.77. The van der Waals surface area contributed by atoms with Gasteiger partial charge >= 0.3 is 5.97 Å². The number of rotatable bonds is 5. The molecule has 0 bridgehead atoms. The van der Waals surface area contributed by atoms with E-state index in [1.165, 1.54) is 0 Å². The Hall–Kier alpha value is -1.81. The van der Waals surface area contributed by atoms with Gasteiger partial charge in [0, 0.05) is 22.6 Å². The predicted octanol–water partition coefficient (Wildman–Crippen LogP) is 3.85. The van der Waals surface area contributed by atoms with E-state index in [1.54, 1.807) is 12.1 Å². The van der Waals surface area contributed by atoms with E-state index in [-0.39, 0.29) is 6.10 Å². The van der Waals surface area contributed by atoms with Crippen LogP contribution in [-0.4, -0.2) is 21.7 Å². The molecule has 0 aliphatic carbocycles. The van der Waals surface area contributed by atoms with E-state index in [1.807, 2.05) is 26.0 Å². The smallest absolute Gasteiger partial charge is 0.335 e. The van der Waals surface area contributed by atoms with Crippen LogP contribution < -0.4 is 0 Å². The van der Waals surface area contributed by atoms with Gasteiger partial charge in [0.1, 0.15) is 0 Å². The van der Waals surface area contributed by atoms with Gasteiger partial charge in [0.25, 0.3) is 0 Å². The van der Waals surface area contributed by atoms with Gasteiger partial charge in [0.2, 0.25) is 0 Å². The fraction of sp³-hybridized carbons (Fsp3) is 0.438. The molecule has 0 aliphatic rings. The standard InChI is InChI=1S/C16H21NO3/c1-10(2)17-14(9-20-11(3)4)8-13-7-12(16(18)19)5-6-15(13)17/h5-8,10-11H,9H2,1-4H3,(H,18,19). The second-order valence-electron chi connectivity index (χ2n) is 5.54. The van der Waals surface area contributed by atoms with Gasteiger partial charge in [-0.25, -0.2) is 4.79 Å². The third-order valence-electron chi connectivity index (χ3n) is 3.25. The number of fused-ring (bicyclic) bond motifs is 1. The number of carboxylic acid groups (broad SMARTS) is 1. The number of ether oxygens (including phenoxy) is 1. The van der Waals surface area contributed by atoms with Crippen molar-refractivity contribution in [3.8, 4) is 0 Å². The zero-order valence-corrected chi connectivity index (χ0v) is 12.4. The lowest BCUT2D eigenvalue weighted by atomic mass is 10.1. The van der Waals surface area contributed by atoms with Gasteiger partial charge in [-0.1, -0.05) is 0 Å². The van der Waals surface area contributed by atoms with Gasteiger partial charge in [-0.2, -0.15) is 0 Å². The van der Waals surface area contributed by atoms with Crippen molar-refractivity contribution in [1.29, 1.82) is 0 Å². The van der Waals surface area contributed by atoms with E-state index >= 15 is 0 Å². The highest BCUT2D eigenvalue weighted by atomic mass is 16.5. The average Bonchev–Trinajstić information content (AvgIpc) is 2.73. The van der Waals surface area contributed by atoms with Gasteiger partial charge in [0.05, 0.1) is 18.3 Å². The van der Waals surface area contributed by atoms with Crippen molar-refractivity contribution in [3.05, 3.63) is 35.5 Å². The molecular formula is C16H21NO3. The Bertz CT molecular complexity index is 626. The van der Waals surface area contributed by atoms with Crippen LogP contribution in [-0.2, 0) is 11.3 Å². The van der Waals surface area contributed by atoms with Crippen molar-refractivity contribution in [2.75, 3.05) is 0 Å². The molecule has 0 fully saturated rings. The Morgan fingerprint density at radius 3 is 2.50 bits per heavy atom. The van der Waals surface area contributed by atoms with E-state index in [4.69, 9.17) is 9.84 Å². The van der Waals surface area contributed by atoms with Crippen LogP contribution in [0.3, 0.4) is 0 Å². The minimum absolute atomic E-state index is 0.170. The summed E-state index contributed by atoms with van der Waals surface area (Å²) in [7, 11) is 0. The number of aromatic nitrogens is 1. The van der Waals surface area contributed by atoms with Gasteiger partial charge in [-0.15, -0.1) is 0 Å². The number of carbonyl (C=O) groups is 1. The van der Waals surface area contributed by atoms with Crippen molar-refractivity contribution >= 4 is 16.9 Å². The van der Waals surface area contributed by atoms with Crippen molar-refractivity contribution in [2.45, 2.75) is 46.4 Å². The number of aromatic carboxylic acids is 1. The molecule has 0 spiro atoms. The van der Waals surface area contributed by atoms with Crippen LogP contribution in [0, 0.1) is 0 Å². The highest BCUT2D eigenvalue weighted by Gasteiger charge is 2.14. The zero-order chi connectivity index (χ0) is 14.9. The first kappa shape index (κ1) is 14.6. The number of hydrogen-bond donors (Lipinski definition) is 1. The van der Waals surface area contributed by atoms with Crippen LogP contribution in [0.2, 0.25) is 0 Å². The average molecular weight is 275 g/mol. The number of hydrogen-bond acceptors (Lipinski definition) is 2. The van der Waals surface area contributed by atoms with Gasteiger partial charge in [-0.05, 0) is 52.0 Å². The molecule has 0 radical (unpaired) electrons. The zero-order valence-electron chi connectivity index (χ0n) is 12.4. The summed E-state index contributed by atoms with van der Waals surface area (Å²) >= 11 is 0. The summed E-state index contributed by atoms with van der Waals surface area (Å²) in [4.78, 5) is 11.1. The van der Waals surface area contributed by atoms with Crippen molar-refractivity contribution in [3.63, 3.8) is 0 Å². The van der Waals surface area contributed by atoms with Crippen LogP contribution in [0.1, 0.15) is 49.8 Å². The van der Waals surface area contributed by atoms with Crippen molar-refractivity contribution in [2.24, 2.45) is 0 Å². The largest absolute Gasteiger partial charge is 0.478 e. The topological polar surface area (TPSA) is 51.5 Å². The Balaban J connectivity index is 2.50. The van der Waals surface area contributed by atoms with Crippen LogP contribution in [0.25, 0.3) is 10.9 Å². The highest BCUT2D eigenvalue weighted by molar-refractivity contribution is 5.94. The lowest BCUT2D eigenvalue weighted by Crippen LogP contribution is -2.09. The quantitative estimate of drug-likeness (QED) is 0.901. The number of carboxylic acids is 1. The summed E-state index contributed by atoms with van der Waals surface area (Å²) in [5.74, 6) is -0.899. The molecule has 1 N–H and O–H groups in total. The van der Waals surface area contributed by atoms with Crippen molar-refractivity contribution < 1.29 is 14.6 Å². The van der Waals surface area contributed by atoms with Gasteiger partial charge in [0.15, 0.2) is 0 Å². The van der Waals surface area contributed by atoms with E-state index in [0.29, 0.717) is 18.2 Å². The fourth-order valence-corrected chi connectivity index (χ4v) is 2.40. The van der Waals surface area contributed by atoms with E-state index < -0.39 is 5.97 Å². The Labute approximate surface area is 119 Å². The fourth-order valence-electron chi connectivity index (χ4n) is 2.40. The van der Waals surface area contributed by atoms with Crippen LogP contribution in [0.5, 0.6) is 0 Å². The first-order valence-electron chi connectivity index (χ1n) is 6.89. The number of nitrogens with zero attached hydrogens (tertiary/aromatic N) is 1. The Kier molecular flexibility index (Phi) is 4.14. The SMILES string of the molecule is CC(C)OCc1cc2cc(C(=O)O)ccc2n1C(C)C. The molecule has 20 heavy (non-hydrogen) atoms. The lowest BCUT2D eigenvalue weighted by molar-refractivity contribution is 0.0615. The maximum absolute atomic E-state index is 11.1. The third-order valence-corrected chi connectivity index (χ3v) is 3.25. The van der Waals surface area contributed by atoms with E-state index in [0.717, 1.165) is 16.6 Å². The summed E-state index contributed by atoms with van der Waals surface area (Å²) in [6.07, 6.45) is 0.170. The van der Waals surface area contributed by atoms with Crippen molar-refractivity contribution in [1.82, 2.24) is 4.57 Å². The van der Waals surface area contributed by atoms with Gasteiger partial charge < -0.3 is 14.4 Å². The summed E-state index contributed by atoms with van der Waals surface area (Å²) in [5, 5.41) is 10.0. The molecule has 4 nitrogen and oxygen atoms in total. The maximum Gasteiger partial charge on any atom is 0.335 e. The molecule has 2 rings (SSSR count). The third kappa shape index (κ3) is 2.85. The monoisotopic (exact) mass is 275 g/mol. The van der Waals surface area contributed by atoms with Gasteiger partial charge in [-0.3, -0.25) is 0 Å². The maximum atomic E-state index is 11.1. The minimum Gasteiger partial charge on any atom is -0.478 e. The molecule has 1 aromatic heterocycles. The molecular weight excluding hydrogens is 254 g/mol. The number of benzene rings is 1. The molecule has 4 heteroatoms. The van der Waals surface area contributed by atoms with E-state index in [2.05, 4.69) is 18.4 Å². The molecule has 1 heterocycles. The molecule has 108 valence electrons. The lowest BCUT2D eigenvalue weighted by Gasteiger charge is -2.16. The molecule has 0 saturated heterocycles. The molecule has 1 aromatic carbocycles. The van der Waals surface area contributed by atoms with E-state index in [9.17, 15) is 4.79 Å². The molecule has 0 atom stereocenters. The minimum atomic E-state index is -0.899. The van der Waals surface area contributed by atoms with Crippen LogP contribution in [0.4, 0.5) is 0 Å². The molecule has 0 unspecified atom stereocenters. The Morgan fingerprint density at radius 2 is 1.95 bits per heavy atom. The summed E-state index contributed by atoms with van der Waals surface area (Å²) in [6, 6.07) is 7.56. The first-order valence-corrected chi connectivity index (χ1v) is 6.89. The molecule has 2 aromatic rings. The highest BCUT2D eigenvalue weighted by Crippen LogP contribution is 2.26. The second kappa shape index (κ2) is 5.67. The van der Waals surface area contributed by atoms with Crippen LogP contribution >= 0.6 is 0 Å². The molecule has 0 saturated carbocycles. The summed E-state index contributed by atoms with van der Waals surface area (Å²) < 4.78 is 7.89. The normalized spacial score (nSPS) is 11.7. The predicted molar refractivity (Wildman–Crippen MR) is 79.2 cm³/mol. The molecule has 0 aliphatic heterocycles.